The van der Waals surface area contributed by atoms with Crippen LogP contribution in [0, 0.1) is 5.92 Å². The van der Waals surface area contributed by atoms with Crippen molar-refractivity contribution in [2.24, 2.45) is 5.92 Å². The second kappa shape index (κ2) is 7.65. The molecular weight excluding hydrogens is 248 g/mol. The summed E-state index contributed by atoms with van der Waals surface area (Å²) in [6, 6.07) is 9.19. The van der Waals surface area contributed by atoms with Gasteiger partial charge in [-0.3, -0.25) is 4.90 Å². The molecule has 112 valence electrons. The van der Waals surface area contributed by atoms with Gasteiger partial charge in [0.2, 0.25) is 0 Å². The van der Waals surface area contributed by atoms with E-state index in [1.165, 1.54) is 37.9 Å². The number of hydrogen-bond donors (Lipinski definition) is 1. The second-order valence-corrected chi connectivity index (χ2v) is 5.71. The predicted molar refractivity (Wildman–Crippen MR) is 84.2 cm³/mol. The fourth-order valence-electron chi connectivity index (χ4n) is 3.45. The van der Waals surface area contributed by atoms with Crippen LogP contribution in [0.15, 0.2) is 24.3 Å². The molecule has 1 saturated heterocycles. The summed E-state index contributed by atoms with van der Waals surface area (Å²) >= 11 is 0. The first-order chi connectivity index (χ1) is 9.80. The van der Waals surface area contributed by atoms with E-state index in [1.807, 2.05) is 0 Å². The van der Waals surface area contributed by atoms with Crippen molar-refractivity contribution in [3.63, 3.8) is 0 Å². The van der Waals surface area contributed by atoms with Crippen molar-refractivity contribution in [1.29, 1.82) is 0 Å². The zero-order chi connectivity index (χ0) is 14.4. The summed E-state index contributed by atoms with van der Waals surface area (Å²) in [6.45, 7) is 5.78. The van der Waals surface area contributed by atoms with E-state index < -0.39 is 0 Å². The Kier molecular flexibility index (Phi) is 5.86. The summed E-state index contributed by atoms with van der Waals surface area (Å²) in [4.78, 5) is 2.66. The van der Waals surface area contributed by atoms with E-state index in [0.717, 1.165) is 12.3 Å². The van der Waals surface area contributed by atoms with E-state index in [0.29, 0.717) is 12.0 Å². The lowest BCUT2D eigenvalue weighted by molar-refractivity contribution is 0.0924. The van der Waals surface area contributed by atoms with Gasteiger partial charge in [-0.15, -0.1) is 0 Å². The molecule has 1 fully saturated rings. The fraction of sp³-hybridized carbons (Fsp3) is 0.647. The van der Waals surface area contributed by atoms with Crippen molar-refractivity contribution in [3.05, 3.63) is 29.8 Å². The molecule has 0 aromatic heterocycles. The molecule has 1 aliphatic heterocycles. The van der Waals surface area contributed by atoms with Gasteiger partial charge in [-0.25, -0.2) is 0 Å². The highest BCUT2D eigenvalue weighted by Crippen LogP contribution is 2.36. The molecule has 1 heterocycles. The summed E-state index contributed by atoms with van der Waals surface area (Å²) in [6.07, 6.45) is 3.86. The van der Waals surface area contributed by atoms with Crippen molar-refractivity contribution in [2.45, 2.75) is 32.2 Å². The number of rotatable bonds is 6. The van der Waals surface area contributed by atoms with Crippen molar-refractivity contribution in [2.75, 3.05) is 33.8 Å². The number of benzene rings is 1. The maximum atomic E-state index is 5.28. The van der Waals surface area contributed by atoms with Crippen LogP contribution in [0.3, 0.4) is 0 Å². The number of hydrogen-bond acceptors (Lipinski definition) is 3. The van der Waals surface area contributed by atoms with Gasteiger partial charge in [0.05, 0.1) is 7.11 Å². The molecule has 0 saturated carbocycles. The van der Waals surface area contributed by atoms with Gasteiger partial charge in [0.15, 0.2) is 0 Å². The van der Waals surface area contributed by atoms with E-state index in [-0.39, 0.29) is 0 Å². The number of ether oxygens (including phenoxy) is 1. The Hall–Kier alpha value is -1.06. The van der Waals surface area contributed by atoms with Crippen molar-refractivity contribution in [3.8, 4) is 5.75 Å². The van der Waals surface area contributed by atoms with Gasteiger partial charge >= 0.3 is 0 Å². The van der Waals surface area contributed by atoms with Crippen LogP contribution in [-0.4, -0.2) is 38.7 Å². The maximum absolute atomic E-state index is 5.28. The molecule has 0 bridgehead atoms. The SMILES string of the molecule is CCCN1CCCC(CNC)C1c1ccc(OC)cc1. The Labute approximate surface area is 123 Å². The third-order valence-electron chi connectivity index (χ3n) is 4.29. The molecule has 1 aromatic carbocycles. The van der Waals surface area contributed by atoms with Gasteiger partial charge in [0, 0.05) is 6.04 Å². The lowest BCUT2D eigenvalue weighted by atomic mass is 9.84. The van der Waals surface area contributed by atoms with Gasteiger partial charge in [-0.1, -0.05) is 19.1 Å². The van der Waals surface area contributed by atoms with Crippen LogP contribution >= 0.6 is 0 Å². The Bertz CT molecular complexity index is 372. The fourth-order valence-corrected chi connectivity index (χ4v) is 3.45. The standard InChI is InChI=1S/C17H28N2O/c1-4-11-19-12-5-6-15(13-18-2)17(19)14-7-9-16(20-3)10-8-14/h7-10,15,17-18H,4-6,11-13H2,1-3H3. The minimum Gasteiger partial charge on any atom is -0.497 e. The zero-order valence-electron chi connectivity index (χ0n) is 13.1. The Morgan fingerprint density at radius 3 is 2.65 bits per heavy atom. The van der Waals surface area contributed by atoms with E-state index >= 15 is 0 Å². The Morgan fingerprint density at radius 2 is 2.05 bits per heavy atom. The van der Waals surface area contributed by atoms with Crippen LogP contribution in [0.2, 0.25) is 0 Å². The van der Waals surface area contributed by atoms with Gasteiger partial charge < -0.3 is 10.1 Å². The molecule has 1 aromatic rings. The van der Waals surface area contributed by atoms with Crippen LogP contribution in [0.1, 0.15) is 37.8 Å². The summed E-state index contributed by atoms with van der Waals surface area (Å²) < 4.78 is 5.28. The molecule has 2 rings (SSSR count). The maximum Gasteiger partial charge on any atom is 0.118 e. The van der Waals surface area contributed by atoms with Crippen molar-refractivity contribution in [1.82, 2.24) is 10.2 Å². The number of nitrogens with one attached hydrogen (secondary N) is 1. The van der Waals surface area contributed by atoms with E-state index in [1.54, 1.807) is 7.11 Å². The second-order valence-electron chi connectivity index (χ2n) is 5.71. The molecule has 0 aliphatic carbocycles. The van der Waals surface area contributed by atoms with Gasteiger partial charge in [0.1, 0.15) is 5.75 Å². The highest BCUT2D eigenvalue weighted by atomic mass is 16.5. The van der Waals surface area contributed by atoms with Gasteiger partial charge in [-0.2, -0.15) is 0 Å². The quantitative estimate of drug-likeness (QED) is 0.864. The van der Waals surface area contributed by atoms with Crippen LogP contribution in [0.25, 0.3) is 0 Å². The van der Waals surface area contributed by atoms with Crippen LogP contribution < -0.4 is 10.1 Å². The molecular formula is C17H28N2O. The minimum absolute atomic E-state index is 0.544. The molecule has 20 heavy (non-hydrogen) atoms. The molecule has 0 amide bonds. The third kappa shape index (κ3) is 3.53. The number of nitrogens with zero attached hydrogens (tertiary/aromatic N) is 1. The van der Waals surface area contributed by atoms with E-state index in [4.69, 9.17) is 4.74 Å². The van der Waals surface area contributed by atoms with Gasteiger partial charge in [-0.05, 0) is 69.6 Å². The largest absolute Gasteiger partial charge is 0.497 e. The highest BCUT2D eigenvalue weighted by Gasteiger charge is 2.31. The summed E-state index contributed by atoms with van der Waals surface area (Å²) in [5.74, 6) is 1.64. The minimum atomic E-state index is 0.544. The lowest BCUT2D eigenvalue weighted by Crippen LogP contribution is -2.42. The Balaban J connectivity index is 2.22. The van der Waals surface area contributed by atoms with Crippen molar-refractivity contribution < 1.29 is 4.74 Å². The number of likely N-dealkylation sites (tertiary alicyclic amines) is 1. The highest BCUT2D eigenvalue weighted by molar-refractivity contribution is 5.30. The van der Waals surface area contributed by atoms with Crippen LogP contribution in [-0.2, 0) is 0 Å². The Morgan fingerprint density at radius 1 is 1.30 bits per heavy atom. The molecule has 3 heteroatoms. The molecule has 1 aliphatic rings. The lowest BCUT2D eigenvalue weighted by Gasteiger charge is -2.42. The average Bonchev–Trinajstić information content (AvgIpc) is 2.48. The molecule has 2 unspecified atom stereocenters. The third-order valence-corrected chi connectivity index (χ3v) is 4.29. The average molecular weight is 276 g/mol. The van der Waals surface area contributed by atoms with Crippen LogP contribution in [0.4, 0.5) is 0 Å². The first kappa shape index (κ1) is 15.3. The van der Waals surface area contributed by atoms with Crippen LogP contribution in [0.5, 0.6) is 5.75 Å². The predicted octanol–water partition coefficient (Wildman–Crippen LogP) is 3.08. The van der Waals surface area contributed by atoms with E-state index in [9.17, 15) is 0 Å². The van der Waals surface area contributed by atoms with E-state index in [2.05, 4.69) is 48.5 Å². The monoisotopic (exact) mass is 276 g/mol. The first-order valence-corrected chi connectivity index (χ1v) is 7.82. The smallest absolute Gasteiger partial charge is 0.118 e. The normalized spacial score (nSPS) is 23.8. The zero-order valence-corrected chi connectivity index (χ0v) is 13.1. The first-order valence-electron chi connectivity index (χ1n) is 7.82. The number of piperidine rings is 1. The summed E-state index contributed by atoms with van der Waals surface area (Å²) in [5, 5.41) is 3.37. The van der Waals surface area contributed by atoms with Crippen molar-refractivity contribution >= 4 is 0 Å². The molecule has 1 N–H and O–H groups in total. The summed E-state index contributed by atoms with van der Waals surface area (Å²) in [5.41, 5.74) is 1.43. The number of methoxy groups -OCH3 is 1. The molecule has 0 radical (unpaired) electrons. The molecule has 3 nitrogen and oxygen atoms in total. The van der Waals surface area contributed by atoms with Gasteiger partial charge in [0.25, 0.3) is 0 Å². The topological polar surface area (TPSA) is 24.5 Å². The summed E-state index contributed by atoms with van der Waals surface area (Å²) in [7, 11) is 3.78. The molecule has 2 atom stereocenters. The molecule has 0 spiro atoms.